The van der Waals surface area contributed by atoms with Gasteiger partial charge in [-0.2, -0.15) is 5.26 Å². The molecule has 2 heterocycles. The van der Waals surface area contributed by atoms with Gasteiger partial charge in [0, 0.05) is 6.20 Å². The second-order valence-electron chi connectivity index (χ2n) is 3.03. The summed E-state index contributed by atoms with van der Waals surface area (Å²) in [6.45, 7) is 4.18. The van der Waals surface area contributed by atoms with Gasteiger partial charge in [0.05, 0.1) is 12.1 Å². The van der Waals surface area contributed by atoms with Crippen LogP contribution in [0.1, 0.15) is 5.56 Å². The monoisotopic (exact) mass is 244 g/mol. The van der Waals surface area contributed by atoms with Gasteiger partial charge in [-0.3, -0.25) is 0 Å². The third-order valence-electron chi connectivity index (χ3n) is 1.86. The Bertz CT molecular complexity index is 553. The number of nitriles is 1. The molecule has 0 aliphatic heterocycles. The molecule has 0 aliphatic carbocycles. The van der Waals surface area contributed by atoms with Crippen molar-refractivity contribution in [3.8, 4) is 6.07 Å². The van der Waals surface area contributed by atoms with Crippen molar-refractivity contribution in [3.63, 3.8) is 0 Å². The van der Waals surface area contributed by atoms with Crippen LogP contribution in [0.15, 0.2) is 41.2 Å². The molecule has 0 spiro atoms. The number of pyridine rings is 1. The molecule has 0 amide bonds. The number of nitrogens with zero attached hydrogens (tertiary/aromatic N) is 6. The molecule has 0 aromatic carbocycles. The molecule has 0 N–H and O–H groups in total. The molecule has 0 atom stereocenters. The Kier molecular flexibility index (Phi) is 3.47. The van der Waals surface area contributed by atoms with Crippen LogP contribution in [0, 0.1) is 11.3 Å². The molecule has 2 rings (SSSR count). The van der Waals surface area contributed by atoms with Crippen LogP contribution >= 0.6 is 11.8 Å². The Morgan fingerprint density at radius 1 is 1.53 bits per heavy atom. The van der Waals surface area contributed by atoms with E-state index in [1.807, 2.05) is 6.07 Å². The summed E-state index contributed by atoms with van der Waals surface area (Å²) >= 11 is 1.34. The highest BCUT2D eigenvalue weighted by atomic mass is 32.2. The third kappa shape index (κ3) is 2.68. The van der Waals surface area contributed by atoms with Crippen molar-refractivity contribution in [2.45, 2.75) is 16.7 Å². The van der Waals surface area contributed by atoms with Crippen LogP contribution < -0.4 is 0 Å². The van der Waals surface area contributed by atoms with Crippen molar-refractivity contribution in [2.75, 3.05) is 0 Å². The highest BCUT2D eigenvalue weighted by Crippen LogP contribution is 2.22. The van der Waals surface area contributed by atoms with E-state index in [2.05, 4.69) is 27.1 Å². The van der Waals surface area contributed by atoms with E-state index < -0.39 is 0 Å². The summed E-state index contributed by atoms with van der Waals surface area (Å²) < 4.78 is 1.62. The van der Waals surface area contributed by atoms with E-state index in [0.717, 1.165) is 5.03 Å². The number of hydrogen-bond acceptors (Lipinski definition) is 6. The average Bonchev–Trinajstić information content (AvgIpc) is 2.78. The van der Waals surface area contributed by atoms with Gasteiger partial charge >= 0.3 is 0 Å². The molecule has 0 saturated carbocycles. The summed E-state index contributed by atoms with van der Waals surface area (Å²) in [6.07, 6.45) is 3.23. The van der Waals surface area contributed by atoms with Gasteiger partial charge in [0.25, 0.3) is 0 Å². The number of allylic oxidation sites excluding steroid dienone is 1. The van der Waals surface area contributed by atoms with Crippen LogP contribution in [-0.2, 0) is 6.54 Å². The maximum absolute atomic E-state index is 8.65. The molecule has 6 nitrogen and oxygen atoms in total. The van der Waals surface area contributed by atoms with Crippen LogP contribution in [0.5, 0.6) is 0 Å². The van der Waals surface area contributed by atoms with Crippen LogP contribution in [0.3, 0.4) is 0 Å². The largest absolute Gasteiger partial charge is 0.248 e. The molecule has 2 aromatic rings. The standard InChI is InChI=1S/C10H8N6S/c1-2-5-16-10(13-14-15-16)17-9-4-3-8(6-11)7-12-9/h2-4,7H,1,5H2. The first kappa shape index (κ1) is 11.3. The zero-order valence-corrected chi connectivity index (χ0v) is 9.63. The minimum Gasteiger partial charge on any atom is -0.248 e. The molecular weight excluding hydrogens is 236 g/mol. The van der Waals surface area contributed by atoms with Crippen LogP contribution in [0.25, 0.3) is 0 Å². The first-order valence-electron chi connectivity index (χ1n) is 4.74. The van der Waals surface area contributed by atoms with Gasteiger partial charge in [0.1, 0.15) is 11.1 Å². The number of aromatic nitrogens is 5. The van der Waals surface area contributed by atoms with Gasteiger partial charge in [-0.05, 0) is 34.3 Å². The summed E-state index contributed by atoms with van der Waals surface area (Å²) in [5.74, 6) is 0. The lowest BCUT2D eigenvalue weighted by Crippen LogP contribution is -1.99. The van der Waals surface area contributed by atoms with E-state index in [1.165, 1.54) is 18.0 Å². The fourth-order valence-electron chi connectivity index (χ4n) is 1.11. The molecule has 84 valence electrons. The lowest BCUT2D eigenvalue weighted by atomic mass is 10.3. The van der Waals surface area contributed by atoms with Crippen LogP contribution in [0.4, 0.5) is 0 Å². The van der Waals surface area contributed by atoms with Crippen LogP contribution in [-0.4, -0.2) is 25.2 Å². The zero-order valence-electron chi connectivity index (χ0n) is 8.82. The van der Waals surface area contributed by atoms with Crippen molar-refractivity contribution in [2.24, 2.45) is 0 Å². The second kappa shape index (κ2) is 5.23. The first-order chi connectivity index (χ1) is 8.33. The van der Waals surface area contributed by atoms with E-state index >= 15 is 0 Å². The zero-order chi connectivity index (χ0) is 12.1. The normalized spacial score (nSPS) is 9.82. The minimum atomic E-state index is 0.528. The van der Waals surface area contributed by atoms with Gasteiger partial charge in [0.15, 0.2) is 0 Å². The van der Waals surface area contributed by atoms with E-state index in [4.69, 9.17) is 5.26 Å². The molecule has 0 fully saturated rings. The van der Waals surface area contributed by atoms with Crippen molar-refractivity contribution < 1.29 is 0 Å². The Balaban J connectivity index is 2.16. The summed E-state index contributed by atoms with van der Waals surface area (Å²) in [7, 11) is 0. The molecular formula is C10H8N6S. The van der Waals surface area contributed by atoms with Crippen molar-refractivity contribution in [1.29, 1.82) is 5.26 Å². The number of tetrazole rings is 1. The fourth-order valence-corrected chi connectivity index (χ4v) is 1.83. The molecule has 2 aromatic heterocycles. The smallest absolute Gasteiger partial charge is 0.215 e. The van der Waals surface area contributed by atoms with Gasteiger partial charge < -0.3 is 0 Å². The van der Waals surface area contributed by atoms with E-state index in [0.29, 0.717) is 17.3 Å². The van der Waals surface area contributed by atoms with Crippen molar-refractivity contribution in [1.82, 2.24) is 25.2 Å². The predicted octanol–water partition coefficient (Wildman–Crippen LogP) is 1.28. The Labute approximate surface area is 102 Å². The quantitative estimate of drug-likeness (QED) is 0.753. The maximum Gasteiger partial charge on any atom is 0.215 e. The summed E-state index contributed by atoms with van der Waals surface area (Å²) in [5.41, 5.74) is 0.528. The first-order valence-corrected chi connectivity index (χ1v) is 5.56. The summed E-state index contributed by atoms with van der Waals surface area (Å²) in [6, 6.07) is 5.48. The van der Waals surface area contributed by atoms with E-state index in [1.54, 1.807) is 22.9 Å². The topological polar surface area (TPSA) is 80.3 Å². The van der Waals surface area contributed by atoms with Gasteiger partial charge in [-0.1, -0.05) is 6.08 Å². The van der Waals surface area contributed by atoms with E-state index in [9.17, 15) is 0 Å². The number of hydrogen-bond donors (Lipinski definition) is 0. The van der Waals surface area contributed by atoms with Crippen molar-refractivity contribution in [3.05, 3.63) is 36.5 Å². The highest BCUT2D eigenvalue weighted by Gasteiger charge is 2.07. The highest BCUT2D eigenvalue weighted by molar-refractivity contribution is 7.99. The van der Waals surface area contributed by atoms with E-state index in [-0.39, 0.29) is 0 Å². The molecule has 0 bridgehead atoms. The lowest BCUT2D eigenvalue weighted by Gasteiger charge is -2.00. The summed E-state index contributed by atoms with van der Waals surface area (Å²) in [4.78, 5) is 4.13. The minimum absolute atomic E-state index is 0.528. The summed E-state index contributed by atoms with van der Waals surface area (Å²) in [5, 5.41) is 21.3. The van der Waals surface area contributed by atoms with Gasteiger partial charge in [-0.25, -0.2) is 9.67 Å². The maximum atomic E-state index is 8.65. The van der Waals surface area contributed by atoms with Gasteiger partial charge in [0.2, 0.25) is 5.16 Å². The third-order valence-corrected chi connectivity index (χ3v) is 2.79. The lowest BCUT2D eigenvalue weighted by molar-refractivity contribution is 0.614. The molecule has 0 radical (unpaired) electrons. The van der Waals surface area contributed by atoms with Crippen molar-refractivity contribution >= 4 is 11.8 Å². The Morgan fingerprint density at radius 3 is 3.06 bits per heavy atom. The fraction of sp³-hybridized carbons (Fsp3) is 0.100. The molecule has 7 heteroatoms. The SMILES string of the molecule is C=CCn1nnnc1Sc1ccc(C#N)cn1. The Hall–Kier alpha value is -2.20. The molecule has 0 unspecified atom stereocenters. The molecule has 17 heavy (non-hydrogen) atoms. The Morgan fingerprint density at radius 2 is 2.41 bits per heavy atom. The number of rotatable bonds is 4. The predicted molar refractivity (Wildman–Crippen MR) is 61.1 cm³/mol. The molecule has 0 aliphatic rings. The average molecular weight is 244 g/mol. The second-order valence-corrected chi connectivity index (χ2v) is 4.02. The van der Waals surface area contributed by atoms with Crippen LogP contribution in [0.2, 0.25) is 0 Å². The molecule has 0 saturated heterocycles. The van der Waals surface area contributed by atoms with Gasteiger partial charge in [-0.15, -0.1) is 11.7 Å².